The van der Waals surface area contributed by atoms with Crippen molar-refractivity contribution >= 4 is 17.3 Å². The van der Waals surface area contributed by atoms with E-state index < -0.39 is 10.8 Å². The maximum absolute atomic E-state index is 12.7. The number of nitro benzene ring substituents is 1. The van der Waals surface area contributed by atoms with Gasteiger partial charge in [-0.1, -0.05) is 18.2 Å². The van der Waals surface area contributed by atoms with Crippen LogP contribution in [-0.4, -0.2) is 31.1 Å². The summed E-state index contributed by atoms with van der Waals surface area (Å²) in [6, 6.07) is 11.5. The molecule has 0 unspecified atom stereocenters. The van der Waals surface area contributed by atoms with Crippen LogP contribution in [0, 0.1) is 10.1 Å². The minimum Gasteiger partial charge on any atom is -0.486 e. The van der Waals surface area contributed by atoms with Crippen LogP contribution in [0.2, 0.25) is 0 Å². The van der Waals surface area contributed by atoms with Gasteiger partial charge in [0.05, 0.1) is 11.0 Å². The summed E-state index contributed by atoms with van der Waals surface area (Å²) in [5, 5.41) is 11.3. The topological polar surface area (TPSA) is 81.9 Å². The molecule has 0 saturated carbocycles. The number of carbonyl (C=O) groups is 1. The Labute approximate surface area is 132 Å². The van der Waals surface area contributed by atoms with Gasteiger partial charge >= 0.3 is 0 Å². The lowest BCUT2D eigenvalue weighted by atomic mass is 10.1. The van der Waals surface area contributed by atoms with Crippen LogP contribution in [0.5, 0.6) is 11.5 Å². The number of benzene rings is 2. The molecule has 3 rings (SSSR count). The van der Waals surface area contributed by atoms with Gasteiger partial charge in [-0.25, -0.2) is 0 Å². The van der Waals surface area contributed by atoms with Crippen LogP contribution in [0.1, 0.15) is 10.4 Å². The molecule has 1 aliphatic heterocycles. The summed E-state index contributed by atoms with van der Waals surface area (Å²) in [5.74, 6) is 0.133. The zero-order valence-corrected chi connectivity index (χ0v) is 12.4. The molecule has 2 aromatic carbocycles. The van der Waals surface area contributed by atoms with E-state index in [-0.39, 0.29) is 17.0 Å². The molecular formula is C16H14N2O5. The molecule has 1 heterocycles. The maximum atomic E-state index is 12.7. The Kier molecular flexibility index (Phi) is 3.84. The van der Waals surface area contributed by atoms with Crippen LogP contribution in [0.3, 0.4) is 0 Å². The summed E-state index contributed by atoms with van der Waals surface area (Å²) in [6.45, 7) is 0.661. The fourth-order valence-corrected chi connectivity index (χ4v) is 2.35. The van der Waals surface area contributed by atoms with Crippen LogP contribution >= 0.6 is 0 Å². The SMILES string of the molecule is CN(C(=O)c1cc2c(cc1[N+](=O)[O-])OCCO2)c1ccccc1. The zero-order chi connectivity index (χ0) is 16.4. The van der Waals surface area contributed by atoms with Gasteiger partial charge in [0.1, 0.15) is 18.8 Å². The predicted octanol–water partition coefficient (Wildman–Crippen LogP) is 2.64. The van der Waals surface area contributed by atoms with Crippen molar-refractivity contribution in [3.8, 4) is 11.5 Å². The molecule has 7 heteroatoms. The number of carbonyl (C=O) groups excluding carboxylic acids is 1. The van der Waals surface area contributed by atoms with Crippen molar-refractivity contribution in [1.82, 2.24) is 0 Å². The van der Waals surface area contributed by atoms with Crippen molar-refractivity contribution in [3.05, 3.63) is 58.1 Å². The van der Waals surface area contributed by atoms with Gasteiger partial charge in [-0.2, -0.15) is 0 Å². The molecule has 0 saturated heterocycles. The van der Waals surface area contributed by atoms with E-state index in [2.05, 4.69) is 0 Å². The Hall–Kier alpha value is -3.09. The number of anilines is 1. The summed E-state index contributed by atoms with van der Waals surface area (Å²) >= 11 is 0. The van der Waals surface area contributed by atoms with Gasteiger partial charge in [0.2, 0.25) is 0 Å². The number of amides is 1. The highest BCUT2D eigenvalue weighted by Gasteiger charge is 2.28. The second-order valence-corrected chi connectivity index (χ2v) is 4.97. The molecule has 0 bridgehead atoms. The molecule has 2 aromatic rings. The lowest BCUT2D eigenvalue weighted by molar-refractivity contribution is -0.385. The van der Waals surface area contributed by atoms with Crippen molar-refractivity contribution in [1.29, 1.82) is 0 Å². The minimum absolute atomic E-state index is 0.0365. The predicted molar refractivity (Wildman–Crippen MR) is 83.3 cm³/mol. The van der Waals surface area contributed by atoms with Gasteiger partial charge in [-0.05, 0) is 12.1 Å². The van der Waals surface area contributed by atoms with Gasteiger partial charge < -0.3 is 14.4 Å². The number of rotatable bonds is 3. The fraction of sp³-hybridized carbons (Fsp3) is 0.188. The Morgan fingerprint density at radius 3 is 2.35 bits per heavy atom. The molecule has 0 spiro atoms. The van der Waals surface area contributed by atoms with E-state index in [1.54, 1.807) is 31.3 Å². The van der Waals surface area contributed by atoms with Crippen LogP contribution < -0.4 is 14.4 Å². The van der Waals surface area contributed by atoms with Crippen LogP contribution in [-0.2, 0) is 0 Å². The van der Waals surface area contributed by atoms with E-state index in [1.165, 1.54) is 17.0 Å². The molecule has 0 atom stereocenters. The van der Waals surface area contributed by atoms with Gasteiger partial charge in [0.15, 0.2) is 11.5 Å². The molecule has 0 aliphatic carbocycles. The first-order valence-electron chi connectivity index (χ1n) is 6.99. The quantitative estimate of drug-likeness (QED) is 0.642. The average Bonchev–Trinajstić information content (AvgIpc) is 2.60. The summed E-state index contributed by atoms with van der Waals surface area (Å²) < 4.78 is 10.8. The number of para-hydroxylation sites is 1. The van der Waals surface area contributed by atoms with Crippen molar-refractivity contribution < 1.29 is 19.2 Å². The second kappa shape index (κ2) is 5.96. The number of nitro groups is 1. The highest BCUT2D eigenvalue weighted by molar-refractivity contribution is 6.08. The molecule has 118 valence electrons. The van der Waals surface area contributed by atoms with Crippen molar-refractivity contribution in [2.24, 2.45) is 0 Å². The summed E-state index contributed by atoms with van der Waals surface area (Å²) in [4.78, 5) is 24.8. The van der Waals surface area contributed by atoms with Crippen molar-refractivity contribution in [2.45, 2.75) is 0 Å². The molecule has 0 radical (unpaired) electrons. The maximum Gasteiger partial charge on any atom is 0.286 e. The number of fused-ring (bicyclic) bond motifs is 1. The van der Waals surface area contributed by atoms with Crippen LogP contribution in [0.25, 0.3) is 0 Å². The van der Waals surface area contributed by atoms with E-state index in [4.69, 9.17) is 9.47 Å². The van der Waals surface area contributed by atoms with Gasteiger partial charge in [0, 0.05) is 18.8 Å². The third-order valence-corrected chi connectivity index (χ3v) is 3.54. The zero-order valence-electron chi connectivity index (χ0n) is 12.4. The number of nitrogens with zero attached hydrogens (tertiary/aromatic N) is 2. The smallest absolute Gasteiger partial charge is 0.286 e. The summed E-state index contributed by atoms with van der Waals surface area (Å²) in [6.07, 6.45) is 0. The Bertz CT molecular complexity index is 761. The molecule has 23 heavy (non-hydrogen) atoms. The largest absolute Gasteiger partial charge is 0.486 e. The summed E-state index contributed by atoms with van der Waals surface area (Å²) in [7, 11) is 1.57. The molecule has 0 fully saturated rings. The number of hydrogen-bond donors (Lipinski definition) is 0. The highest BCUT2D eigenvalue weighted by Crippen LogP contribution is 2.37. The Balaban J connectivity index is 2.04. The summed E-state index contributed by atoms with van der Waals surface area (Å²) in [5.41, 5.74) is 0.300. The normalized spacial score (nSPS) is 12.6. The monoisotopic (exact) mass is 314 g/mol. The lowest BCUT2D eigenvalue weighted by Crippen LogP contribution is -2.27. The first-order chi connectivity index (χ1) is 11.1. The molecule has 0 N–H and O–H groups in total. The highest BCUT2D eigenvalue weighted by atomic mass is 16.6. The van der Waals surface area contributed by atoms with E-state index in [1.807, 2.05) is 6.07 Å². The van der Waals surface area contributed by atoms with Crippen molar-refractivity contribution in [3.63, 3.8) is 0 Å². The van der Waals surface area contributed by atoms with E-state index >= 15 is 0 Å². The van der Waals surface area contributed by atoms with Gasteiger partial charge in [0.25, 0.3) is 11.6 Å². The minimum atomic E-state index is -0.593. The third kappa shape index (κ3) is 2.80. The van der Waals surface area contributed by atoms with E-state index in [9.17, 15) is 14.9 Å². The lowest BCUT2D eigenvalue weighted by Gasteiger charge is -2.21. The Morgan fingerprint density at radius 2 is 1.74 bits per heavy atom. The Morgan fingerprint density at radius 1 is 1.13 bits per heavy atom. The first kappa shape index (κ1) is 14.8. The van der Waals surface area contributed by atoms with E-state index in [0.29, 0.717) is 24.7 Å². The second-order valence-electron chi connectivity index (χ2n) is 4.97. The average molecular weight is 314 g/mol. The van der Waals surface area contributed by atoms with Crippen LogP contribution in [0.4, 0.5) is 11.4 Å². The molecule has 1 amide bonds. The number of hydrogen-bond acceptors (Lipinski definition) is 5. The third-order valence-electron chi connectivity index (χ3n) is 3.54. The van der Waals surface area contributed by atoms with E-state index in [0.717, 1.165) is 0 Å². The number of ether oxygens (including phenoxy) is 2. The van der Waals surface area contributed by atoms with Gasteiger partial charge in [-0.15, -0.1) is 0 Å². The molecular weight excluding hydrogens is 300 g/mol. The molecule has 7 nitrogen and oxygen atoms in total. The van der Waals surface area contributed by atoms with Crippen LogP contribution in [0.15, 0.2) is 42.5 Å². The van der Waals surface area contributed by atoms with Crippen molar-refractivity contribution in [2.75, 3.05) is 25.2 Å². The first-order valence-corrected chi connectivity index (χ1v) is 6.99. The van der Waals surface area contributed by atoms with Gasteiger partial charge in [-0.3, -0.25) is 14.9 Å². The molecule has 1 aliphatic rings. The fourth-order valence-electron chi connectivity index (χ4n) is 2.35. The molecule has 0 aromatic heterocycles. The standard InChI is InChI=1S/C16H14N2O5/c1-17(11-5-3-2-4-6-11)16(19)12-9-14-15(23-8-7-22-14)10-13(12)18(20)21/h2-6,9-10H,7-8H2,1H3.